The number of nitrogens with one attached hydrogen (secondary N) is 1. The summed E-state index contributed by atoms with van der Waals surface area (Å²) in [6.45, 7) is 16.7. The van der Waals surface area contributed by atoms with Gasteiger partial charge in [0.15, 0.2) is 0 Å². The number of hydrogen-bond acceptors (Lipinski definition) is 5. The number of benzene rings is 1. The Morgan fingerprint density at radius 1 is 1.26 bits per heavy atom. The van der Waals surface area contributed by atoms with Crippen molar-refractivity contribution in [2.45, 2.75) is 60.9 Å². The number of phenolic OH excluding ortho intramolecular Hbond substituents is 1. The summed E-state index contributed by atoms with van der Waals surface area (Å²) in [5.74, 6) is 0.835. The molecule has 174 valence electrons. The molecule has 31 heavy (non-hydrogen) atoms. The Hall–Kier alpha value is -1.79. The van der Waals surface area contributed by atoms with Crippen LogP contribution >= 0.6 is 11.8 Å². The third-order valence-corrected chi connectivity index (χ3v) is 6.38. The highest BCUT2D eigenvalue weighted by atomic mass is 32.2. The monoisotopic (exact) mass is 450 g/mol. The predicted octanol–water partition coefficient (Wildman–Crippen LogP) is 6.25. The maximum atomic E-state index is 13.3. The lowest BCUT2D eigenvalue weighted by Gasteiger charge is -2.41. The molecule has 0 amide bonds. The van der Waals surface area contributed by atoms with Gasteiger partial charge in [0.25, 0.3) is 0 Å². The summed E-state index contributed by atoms with van der Waals surface area (Å²) in [6, 6.07) is 3.84. The molecule has 1 heterocycles. The van der Waals surface area contributed by atoms with Crippen LogP contribution in [0.1, 0.15) is 51.3 Å². The van der Waals surface area contributed by atoms with E-state index >= 15 is 0 Å². The Labute approximate surface area is 192 Å². The summed E-state index contributed by atoms with van der Waals surface area (Å²) in [7, 11) is 1.79. The van der Waals surface area contributed by atoms with E-state index in [1.165, 1.54) is 0 Å². The van der Waals surface area contributed by atoms with Gasteiger partial charge in [0.05, 0.1) is 18.2 Å². The molecule has 6 heteroatoms. The standard InChI is InChI=1S/C16H27FN2OS.C9H12O/c1-11(2)7-14(13(5)18-6)21-15(12(3)4)19-16(8-17)9-20-10-16;1-6-4-7(2)8(3)9(10)5-6/h7,11,19H,8-10H2,1-6H3;4-5,10H,1-3H3/b14-7+,18-13?;. The number of phenols is 1. The van der Waals surface area contributed by atoms with E-state index in [1.807, 2.05) is 41.5 Å². The van der Waals surface area contributed by atoms with Crippen LogP contribution in [0.25, 0.3) is 0 Å². The molecule has 2 rings (SSSR count). The number of alkyl halides is 1. The van der Waals surface area contributed by atoms with Gasteiger partial charge >= 0.3 is 0 Å². The molecule has 1 aromatic carbocycles. The Morgan fingerprint density at radius 3 is 2.26 bits per heavy atom. The average molecular weight is 451 g/mol. The van der Waals surface area contributed by atoms with E-state index < -0.39 is 12.2 Å². The first-order valence-electron chi connectivity index (χ1n) is 10.6. The van der Waals surface area contributed by atoms with E-state index in [1.54, 1.807) is 24.9 Å². The number of ether oxygens (including phenoxy) is 1. The largest absolute Gasteiger partial charge is 0.508 e. The van der Waals surface area contributed by atoms with E-state index in [9.17, 15) is 9.50 Å². The predicted molar refractivity (Wildman–Crippen MR) is 133 cm³/mol. The Morgan fingerprint density at radius 2 is 1.87 bits per heavy atom. The number of hydrogen-bond donors (Lipinski definition) is 2. The molecule has 0 radical (unpaired) electrons. The number of thioether (sulfide) groups is 1. The molecule has 2 N–H and O–H groups in total. The summed E-state index contributed by atoms with van der Waals surface area (Å²) in [5.41, 5.74) is 4.81. The van der Waals surface area contributed by atoms with Crippen molar-refractivity contribution in [1.82, 2.24) is 5.32 Å². The number of halogens is 1. The first kappa shape index (κ1) is 27.2. The highest BCUT2D eigenvalue weighted by Gasteiger charge is 2.39. The van der Waals surface area contributed by atoms with Gasteiger partial charge in [-0.3, -0.25) is 4.99 Å². The number of aryl methyl sites for hydroxylation is 2. The molecule has 1 aromatic rings. The van der Waals surface area contributed by atoms with Crippen molar-refractivity contribution in [2.24, 2.45) is 10.9 Å². The summed E-state index contributed by atoms with van der Waals surface area (Å²) in [6.07, 6.45) is 2.19. The summed E-state index contributed by atoms with van der Waals surface area (Å²) in [4.78, 5) is 5.40. The summed E-state index contributed by atoms with van der Waals surface area (Å²) in [5, 5.41) is 13.6. The normalized spacial score (nSPS) is 15.7. The van der Waals surface area contributed by atoms with E-state index in [0.717, 1.165) is 37.9 Å². The highest BCUT2D eigenvalue weighted by molar-refractivity contribution is 8.07. The molecule has 0 aromatic heterocycles. The Kier molecular flexibility index (Phi) is 10.8. The summed E-state index contributed by atoms with van der Waals surface area (Å²) >= 11 is 1.63. The quantitative estimate of drug-likeness (QED) is 0.482. The van der Waals surface area contributed by atoms with Gasteiger partial charge in [-0.2, -0.15) is 0 Å². The average Bonchev–Trinajstić information content (AvgIpc) is 2.66. The fraction of sp³-hybridized carbons (Fsp3) is 0.560. The number of rotatable bonds is 7. The van der Waals surface area contributed by atoms with Crippen LogP contribution in [0, 0.1) is 26.7 Å². The fourth-order valence-corrected chi connectivity index (χ4v) is 4.06. The van der Waals surface area contributed by atoms with E-state index in [4.69, 9.17) is 4.74 Å². The molecule has 0 saturated carbocycles. The molecule has 0 bridgehead atoms. The van der Waals surface area contributed by atoms with Crippen LogP contribution in [-0.2, 0) is 4.74 Å². The first-order chi connectivity index (χ1) is 14.4. The highest BCUT2D eigenvalue weighted by Crippen LogP contribution is 2.32. The molecule has 0 spiro atoms. The van der Waals surface area contributed by atoms with E-state index in [-0.39, 0.29) is 0 Å². The second kappa shape index (κ2) is 12.3. The first-order valence-corrected chi connectivity index (χ1v) is 11.5. The number of aromatic hydroxyl groups is 1. The molecule has 0 unspecified atom stereocenters. The minimum absolute atomic E-state index is 0.400. The number of allylic oxidation sites excluding steroid dienone is 3. The van der Waals surface area contributed by atoms with Crippen molar-refractivity contribution < 1.29 is 14.2 Å². The van der Waals surface area contributed by atoms with Crippen molar-refractivity contribution in [3.8, 4) is 5.75 Å². The van der Waals surface area contributed by atoms with Gasteiger partial charge in [-0.1, -0.05) is 37.8 Å². The van der Waals surface area contributed by atoms with Gasteiger partial charge in [0.1, 0.15) is 18.0 Å². The van der Waals surface area contributed by atoms with Crippen LogP contribution < -0.4 is 5.32 Å². The smallest absolute Gasteiger partial charge is 0.119 e. The SMILES string of the molecule is CN=C(C)/C(=C\C(C)C)SC(NC1(CF)COC1)=C(C)C.Cc1cc(C)c(C)c(O)c1. The molecule has 1 fully saturated rings. The molecule has 1 aliphatic rings. The maximum Gasteiger partial charge on any atom is 0.119 e. The molecule has 0 atom stereocenters. The molecule has 1 aliphatic heterocycles. The molecule has 0 aliphatic carbocycles. The van der Waals surface area contributed by atoms with Crippen molar-refractivity contribution in [3.63, 3.8) is 0 Å². The zero-order valence-electron chi connectivity index (χ0n) is 20.5. The van der Waals surface area contributed by atoms with Crippen molar-refractivity contribution in [3.05, 3.63) is 50.4 Å². The fourth-order valence-electron chi connectivity index (χ4n) is 2.79. The van der Waals surface area contributed by atoms with Crippen LogP contribution in [0.5, 0.6) is 5.75 Å². The Bertz CT molecular complexity index is 807. The van der Waals surface area contributed by atoms with Crippen LogP contribution in [-0.4, -0.2) is 43.3 Å². The van der Waals surface area contributed by atoms with E-state index in [2.05, 4.69) is 36.3 Å². The third-order valence-electron chi connectivity index (χ3n) is 5.02. The second-order valence-electron chi connectivity index (χ2n) is 8.77. The van der Waals surface area contributed by atoms with Gasteiger partial charge < -0.3 is 15.2 Å². The van der Waals surface area contributed by atoms with E-state index in [0.29, 0.717) is 24.9 Å². The third kappa shape index (κ3) is 8.34. The molecule has 4 nitrogen and oxygen atoms in total. The van der Waals surface area contributed by atoms with Gasteiger partial charge in [-0.05, 0) is 75.8 Å². The van der Waals surface area contributed by atoms with Crippen LogP contribution in [0.3, 0.4) is 0 Å². The number of nitrogens with zero attached hydrogens (tertiary/aromatic N) is 1. The zero-order valence-corrected chi connectivity index (χ0v) is 21.3. The topological polar surface area (TPSA) is 53.9 Å². The summed E-state index contributed by atoms with van der Waals surface area (Å²) < 4.78 is 18.5. The lowest BCUT2D eigenvalue weighted by molar-refractivity contribution is -0.0783. The lowest BCUT2D eigenvalue weighted by atomic mass is 10.00. The van der Waals surface area contributed by atoms with Gasteiger partial charge in [0.2, 0.25) is 0 Å². The minimum atomic E-state index is -0.556. The molecular weight excluding hydrogens is 411 g/mol. The maximum absolute atomic E-state index is 13.3. The Balaban J connectivity index is 0.000000399. The lowest BCUT2D eigenvalue weighted by Crippen LogP contribution is -2.61. The van der Waals surface area contributed by atoms with Crippen molar-refractivity contribution >= 4 is 17.5 Å². The second-order valence-corrected chi connectivity index (χ2v) is 9.83. The molecule has 1 saturated heterocycles. The van der Waals surface area contributed by atoms with Gasteiger partial charge in [0, 0.05) is 17.7 Å². The van der Waals surface area contributed by atoms with Crippen molar-refractivity contribution in [2.75, 3.05) is 26.9 Å². The van der Waals surface area contributed by atoms with Crippen LogP contribution in [0.4, 0.5) is 4.39 Å². The van der Waals surface area contributed by atoms with Gasteiger partial charge in [-0.25, -0.2) is 4.39 Å². The van der Waals surface area contributed by atoms with Crippen molar-refractivity contribution in [1.29, 1.82) is 0 Å². The van der Waals surface area contributed by atoms with Crippen LogP contribution in [0.2, 0.25) is 0 Å². The minimum Gasteiger partial charge on any atom is -0.508 e. The zero-order chi connectivity index (χ0) is 23.8. The number of aliphatic imine (C=N–C) groups is 1. The molecular formula is C25H39FN2O2S. The van der Waals surface area contributed by atoms with Crippen LogP contribution in [0.15, 0.2) is 38.7 Å². The van der Waals surface area contributed by atoms with Gasteiger partial charge in [-0.15, -0.1) is 0 Å².